The van der Waals surface area contributed by atoms with Gasteiger partial charge in [0.15, 0.2) is 0 Å². The molecule has 2 aromatic rings. The third-order valence-corrected chi connectivity index (χ3v) is 12.4. The van der Waals surface area contributed by atoms with Gasteiger partial charge >= 0.3 is 0 Å². The molecule has 5 rings (SSSR count). The Morgan fingerprint density at radius 2 is 1.67 bits per heavy atom. The Balaban J connectivity index is 1.05. The van der Waals surface area contributed by atoms with Crippen LogP contribution in [-0.2, 0) is 30.7 Å². The minimum Gasteiger partial charge on any atom is -0.379 e. The van der Waals surface area contributed by atoms with E-state index in [2.05, 4.69) is 40.5 Å². The quantitative estimate of drug-likeness (QED) is 0.289. The zero-order valence-corrected chi connectivity index (χ0v) is 28.7. The van der Waals surface area contributed by atoms with Gasteiger partial charge in [-0.3, -0.25) is 9.69 Å². The molecule has 248 valence electrons. The smallest absolute Gasteiger partial charge is 0.246 e. The van der Waals surface area contributed by atoms with E-state index in [0.717, 1.165) is 71.2 Å². The maximum Gasteiger partial charge on any atom is 0.246 e. The van der Waals surface area contributed by atoms with Gasteiger partial charge in [0.2, 0.25) is 15.9 Å². The summed E-state index contributed by atoms with van der Waals surface area (Å²) >= 11 is 18.4. The van der Waals surface area contributed by atoms with Crippen molar-refractivity contribution in [1.82, 2.24) is 14.5 Å². The van der Waals surface area contributed by atoms with Crippen LogP contribution in [0.5, 0.6) is 0 Å². The molecule has 12 heteroatoms. The van der Waals surface area contributed by atoms with Crippen molar-refractivity contribution in [3.8, 4) is 0 Å². The van der Waals surface area contributed by atoms with Crippen LogP contribution in [-0.4, -0.2) is 88.2 Å². The van der Waals surface area contributed by atoms with E-state index < -0.39 is 10.0 Å². The monoisotopic (exact) mass is 699 g/mol. The molecule has 2 saturated heterocycles. The average Bonchev–Trinajstić information content (AvgIpc) is 3.02. The number of morpholine rings is 1. The Hall–Kier alpha value is -1.43. The number of nitrogens with one attached hydrogen (secondary N) is 1. The van der Waals surface area contributed by atoms with Crippen molar-refractivity contribution < 1.29 is 22.7 Å². The predicted octanol–water partition coefficient (Wildman–Crippen LogP) is 6.07. The molecular weight excluding hydrogens is 657 g/mol. The van der Waals surface area contributed by atoms with Crippen LogP contribution in [0.15, 0.2) is 47.4 Å². The van der Waals surface area contributed by atoms with Crippen LogP contribution in [0.4, 0.5) is 0 Å². The Kier molecular flexibility index (Phi) is 12.9. The lowest BCUT2D eigenvalue weighted by molar-refractivity contribution is -0.127. The molecule has 0 bridgehead atoms. The van der Waals surface area contributed by atoms with Gasteiger partial charge in [0.1, 0.15) is 11.5 Å². The number of ether oxygens (including phenoxy) is 2. The first-order chi connectivity index (χ1) is 21.7. The maximum atomic E-state index is 13.3. The van der Waals surface area contributed by atoms with Gasteiger partial charge in [-0.2, -0.15) is 4.31 Å². The number of carbonyl (C=O) groups is 1. The van der Waals surface area contributed by atoms with Crippen LogP contribution >= 0.6 is 34.8 Å². The van der Waals surface area contributed by atoms with Gasteiger partial charge in [-0.15, -0.1) is 0 Å². The number of nitrogens with zero attached hydrogens (tertiary/aromatic N) is 2. The van der Waals surface area contributed by atoms with Gasteiger partial charge < -0.3 is 14.8 Å². The van der Waals surface area contributed by atoms with Crippen LogP contribution < -0.4 is 5.32 Å². The van der Waals surface area contributed by atoms with E-state index in [1.165, 1.54) is 22.0 Å². The summed E-state index contributed by atoms with van der Waals surface area (Å²) in [6, 6.07) is 14.2. The molecule has 1 amide bonds. The van der Waals surface area contributed by atoms with Gasteiger partial charge in [0.25, 0.3) is 0 Å². The number of aryl methyl sites for hydroxylation is 1. The zero-order valence-electron chi connectivity index (χ0n) is 25.6. The van der Waals surface area contributed by atoms with E-state index in [1.54, 1.807) is 0 Å². The number of hydrogen-bond donors (Lipinski definition) is 1. The van der Waals surface area contributed by atoms with Gasteiger partial charge in [-0.1, -0.05) is 65.1 Å². The van der Waals surface area contributed by atoms with E-state index >= 15 is 0 Å². The fourth-order valence-electron chi connectivity index (χ4n) is 7.11. The highest BCUT2D eigenvalue weighted by Crippen LogP contribution is 2.36. The molecule has 2 aromatic carbocycles. The number of amides is 1. The molecule has 1 aliphatic carbocycles. The molecule has 2 heterocycles. The number of hydrogen-bond acceptors (Lipinski definition) is 6. The molecule has 0 aromatic heterocycles. The molecule has 1 N–H and O–H groups in total. The van der Waals surface area contributed by atoms with Crippen LogP contribution in [0.25, 0.3) is 0 Å². The molecule has 2 atom stereocenters. The lowest BCUT2D eigenvalue weighted by Gasteiger charge is -2.42. The second-order valence-electron chi connectivity index (χ2n) is 12.5. The SMILES string of the molecule is O=C(COCC1CCCN(S(=O)(=O)c2c(Cl)cc(Cl)cc2Cl)C1)NC1CCC(C(CCc2ccccc2)N2CCOCC2)CC1. The van der Waals surface area contributed by atoms with Crippen molar-refractivity contribution in [2.24, 2.45) is 11.8 Å². The zero-order chi connectivity index (χ0) is 31.8. The molecule has 3 fully saturated rings. The van der Waals surface area contributed by atoms with E-state index in [9.17, 15) is 13.2 Å². The second-order valence-corrected chi connectivity index (χ2v) is 15.6. The van der Waals surface area contributed by atoms with Crippen LogP contribution in [0.1, 0.15) is 50.5 Å². The summed E-state index contributed by atoms with van der Waals surface area (Å²) < 4.78 is 39.5. The first-order valence-electron chi connectivity index (χ1n) is 16.1. The normalized spacial score (nSPS) is 24.3. The number of sulfonamides is 1. The van der Waals surface area contributed by atoms with Gasteiger partial charge in [-0.25, -0.2) is 8.42 Å². The predicted molar refractivity (Wildman–Crippen MR) is 179 cm³/mol. The Bertz CT molecular complexity index is 1350. The minimum absolute atomic E-state index is 0.000350. The second kappa shape index (κ2) is 16.6. The molecule has 8 nitrogen and oxygen atoms in total. The van der Waals surface area contributed by atoms with Crippen molar-refractivity contribution in [1.29, 1.82) is 0 Å². The first-order valence-corrected chi connectivity index (χ1v) is 18.7. The molecule has 2 aliphatic heterocycles. The van der Waals surface area contributed by atoms with Crippen molar-refractivity contribution in [2.75, 3.05) is 52.6 Å². The highest BCUT2D eigenvalue weighted by Gasteiger charge is 2.35. The summed E-state index contributed by atoms with van der Waals surface area (Å²) in [5.41, 5.74) is 1.38. The number of carbonyl (C=O) groups excluding carboxylic acids is 1. The summed E-state index contributed by atoms with van der Waals surface area (Å²) in [5, 5.41) is 3.46. The van der Waals surface area contributed by atoms with Crippen LogP contribution in [0, 0.1) is 11.8 Å². The Morgan fingerprint density at radius 1 is 0.978 bits per heavy atom. The van der Waals surface area contributed by atoms with Crippen LogP contribution in [0.2, 0.25) is 15.1 Å². The highest BCUT2D eigenvalue weighted by atomic mass is 35.5. The lowest BCUT2D eigenvalue weighted by atomic mass is 9.79. The topological polar surface area (TPSA) is 88.2 Å². The molecule has 45 heavy (non-hydrogen) atoms. The van der Waals surface area contributed by atoms with Gasteiger partial charge in [0.05, 0.1) is 29.9 Å². The molecule has 3 aliphatic rings. The van der Waals surface area contributed by atoms with Gasteiger partial charge in [-0.05, 0) is 80.9 Å². The number of halogens is 3. The lowest BCUT2D eigenvalue weighted by Crippen LogP contribution is -2.49. The Labute approximate surface area is 282 Å². The van der Waals surface area contributed by atoms with E-state index in [0.29, 0.717) is 31.5 Å². The standard InChI is InChI=1S/C33H44Cl3N3O5S/c34-27-19-29(35)33(30(36)20-27)45(41,42)39-14-4-7-25(21-39)22-44-23-32(40)37-28-11-9-26(10-12-28)31(38-15-17-43-18-16-38)13-8-24-5-2-1-3-6-24/h1-3,5-6,19-20,25-26,28,31H,4,7-18,21-23H2,(H,37,40). The summed E-state index contributed by atoms with van der Waals surface area (Å²) in [5.74, 6) is 0.460. The van der Waals surface area contributed by atoms with Crippen molar-refractivity contribution in [2.45, 2.75) is 68.3 Å². The third kappa shape index (κ3) is 9.57. The molecule has 2 unspecified atom stereocenters. The summed E-state index contributed by atoms with van der Waals surface area (Å²) in [6.07, 6.45) is 7.83. The first kappa shape index (κ1) is 34.9. The molecular formula is C33H44Cl3N3O5S. The van der Waals surface area contributed by atoms with Crippen molar-refractivity contribution in [3.63, 3.8) is 0 Å². The summed E-state index contributed by atoms with van der Waals surface area (Å²) in [4.78, 5) is 15.3. The molecule has 1 saturated carbocycles. The summed E-state index contributed by atoms with van der Waals surface area (Å²) in [7, 11) is -3.90. The largest absolute Gasteiger partial charge is 0.379 e. The minimum atomic E-state index is -3.90. The van der Waals surface area contributed by atoms with E-state index in [4.69, 9.17) is 44.3 Å². The van der Waals surface area contributed by atoms with Crippen LogP contribution in [0.3, 0.4) is 0 Å². The Morgan fingerprint density at radius 3 is 2.36 bits per heavy atom. The highest BCUT2D eigenvalue weighted by molar-refractivity contribution is 7.89. The maximum absolute atomic E-state index is 13.3. The van der Waals surface area contributed by atoms with Crippen molar-refractivity contribution in [3.05, 3.63) is 63.1 Å². The molecule has 0 radical (unpaired) electrons. The number of benzene rings is 2. The van der Waals surface area contributed by atoms with E-state index in [1.807, 2.05) is 0 Å². The number of piperidine rings is 1. The molecule has 0 spiro atoms. The van der Waals surface area contributed by atoms with Crippen molar-refractivity contribution >= 4 is 50.7 Å². The fourth-order valence-corrected chi connectivity index (χ4v) is 10.2. The summed E-state index contributed by atoms with van der Waals surface area (Å²) in [6.45, 7) is 4.48. The number of rotatable bonds is 12. The average molecular weight is 701 g/mol. The van der Waals surface area contributed by atoms with E-state index in [-0.39, 0.29) is 51.0 Å². The van der Waals surface area contributed by atoms with Gasteiger partial charge in [0, 0.05) is 43.3 Å². The fraction of sp³-hybridized carbons (Fsp3) is 0.606. The third-order valence-electron chi connectivity index (χ3n) is 9.40.